The van der Waals surface area contributed by atoms with Crippen molar-refractivity contribution >= 4 is 30.3 Å². The maximum Gasteiger partial charge on any atom is 0.317 e. The van der Waals surface area contributed by atoms with E-state index >= 15 is 0 Å². The van der Waals surface area contributed by atoms with E-state index in [1.54, 1.807) is 11.9 Å². The van der Waals surface area contributed by atoms with E-state index in [0.29, 0.717) is 12.5 Å². The summed E-state index contributed by atoms with van der Waals surface area (Å²) in [4.78, 5) is 42.6. The minimum atomic E-state index is -1.14. The Morgan fingerprint density at radius 3 is 2.03 bits per heavy atom. The quantitative estimate of drug-likeness (QED) is 0.290. The Bertz CT molecular complexity index is 899. The van der Waals surface area contributed by atoms with Gasteiger partial charge >= 0.3 is 6.03 Å². The maximum absolute atomic E-state index is 13.5. The number of nitrogens with zero attached hydrogens (tertiary/aromatic N) is 2. The minimum Gasteiger partial charge on any atom is -0.389 e. The third-order valence-corrected chi connectivity index (χ3v) is 6.23. The lowest BCUT2D eigenvalue weighted by Crippen LogP contribution is -2.64. The number of urea groups is 1. The smallest absolute Gasteiger partial charge is 0.317 e. The fourth-order valence-corrected chi connectivity index (χ4v) is 4.46. The topological polar surface area (TPSA) is 128 Å². The number of hydrogen-bond acceptors (Lipinski definition) is 5. The third-order valence-electron chi connectivity index (χ3n) is 6.23. The Labute approximate surface area is 241 Å². The summed E-state index contributed by atoms with van der Waals surface area (Å²) in [6.45, 7) is 15.8. The van der Waals surface area contributed by atoms with E-state index in [9.17, 15) is 19.5 Å². The zero-order chi connectivity index (χ0) is 29.3. The minimum absolute atomic E-state index is 0. The van der Waals surface area contributed by atoms with Gasteiger partial charge in [-0.05, 0) is 57.6 Å². The Balaban J connectivity index is 0.0000144. The Kier molecular flexibility index (Phi) is 15.1. The van der Waals surface area contributed by atoms with Gasteiger partial charge in [0.25, 0.3) is 0 Å². The molecule has 0 radical (unpaired) electrons. The molecule has 1 rings (SSSR count). The molecule has 0 aromatic heterocycles. The highest BCUT2D eigenvalue weighted by atomic mass is 35.5. The second-order valence-corrected chi connectivity index (χ2v) is 12.6. The number of aliphatic hydroxyl groups excluding tert-OH is 1. The molecule has 0 fully saturated rings. The average molecular weight is 570 g/mol. The molecule has 39 heavy (non-hydrogen) atoms. The van der Waals surface area contributed by atoms with E-state index in [0.717, 1.165) is 12.0 Å². The van der Waals surface area contributed by atoms with Crippen LogP contribution in [0.3, 0.4) is 0 Å². The van der Waals surface area contributed by atoms with E-state index in [1.807, 2.05) is 71.9 Å². The summed E-state index contributed by atoms with van der Waals surface area (Å²) in [5.74, 6) is -0.639. The van der Waals surface area contributed by atoms with Gasteiger partial charge in [-0.1, -0.05) is 65.0 Å². The fourth-order valence-electron chi connectivity index (χ4n) is 4.46. The van der Waals surface area contributed by atoms with Crippen LogP contribution in [0.2, 0.25) is 0 Å². The molecule has 0 unspecified atom stereocenters. The number of benzene rings is 1. The number of rotatable bonds is 13. The average Bonchev–Trinajstić information content (AvgIpc) is 2.77. The zero-order valence-corrected chi connectivity index (χ0v) is 26.1. The lowest BCUT2D eigenvalue weighted by Gasteiger charge is -2.45. The number of aliphatic hydroxyl groups is 1. The van der Waals surface area contributed by atoms with Crippen LogP contribution in [0.1, 0.15) is 67.4 Å². The molecule has 9 nitrogen and oxygen atoms in total. The Hall–Kier alpha value is -2.36. The normalized spacial score (nSPS) is 14.1. The molecule has 4 amide bonds. The summed E-state index contributed by atoms with van der Waals surface area (Å²) in [6, 6.07) is 7.44. The van der Waals surface area contributed by atoms with Crippen molar-refractivity contribution in [3.05, 3.63) is 35.9 Å². The van der Waals surface area contributed by atoms with Crippen LogP contribution in [0.15, 0.2) is 30.3 Å². The molecule has 0 heterocycles. The molecule has 0 saturated carbocycles. The molecule has 5 N–H and O–H groups in total. The standard InChI is InChI=1S/C29H51N5O4.ClH/c1-20(2)15-16-33(27(38)32-29(6,7)8)19-23(35)22(17-21-13-11-10-12-14-21)34(24(36)18-31-9)25(26(30)37)28(3,4)5;/h10-14,20,22-23,25,31,35H,15-19H2,1-9H3,(H2,30,37)(H,32,38);1H/t22-,23+,25+;/m0./s1. The Morgan fingerprint density at radius 2 is 1.59 bits per heavy atom. The predicted molar refractivity (Wildman–Crippen MR) is 160 cm³/mol. The Morgan fingerprint density at radius 1 is 1.03 bits per heavy atom. The van der Waals surface area contributed by atoms with Gasteiger partial charge in [0, 0.05) is 12.1 Å². The molecule has 224 valence electrons. The van der Waals surface area contributed by atoms with Gasteiger partial charge in [-0.15, -0.1) is 12.4 Å². The lowest BCUT2D eigenvalue weighted by molar-refractivity contribution is -0.149. The second-order valence-electron chi connectivity index (χ2n) is 12.6. The number of likely N-dealkylation sites (N-methyl/N-ethyl adjacent to an activating group) is 1. The van der Waals surface area contributed by atoms with Crippen molar-refractivity contribution in [1.29, 1.82) is 0 Å². The van der Waals surface area contributed by atoms with Gasteiger partial charge in [0.1, 0.15) is 6.04 Å². The predicted octanol–water partition coefficient (Wildman–Crippen LogP) is 3.18. The first-order valence-corrected chi connectivity index (χ1v) is 13.5. The molecular formula is C29H52ClN5O4. The van der Waals surface area contributed by atoms with E-state index in [4.69, 9.17) is 5.73 Å². The first-order chi connectivity index (χ1) is 17.5. The summed E-state index contributed by atoms with van der Waals surface area (Å²) in [5.41, 5.74) is 5.62. The number of carbonyl (C=O) groups excluding carboxylic acids is 3. The highest BCUT2D eigenvalue weighted by Gasteiger charge is 2.43. The van der Waals surface area contributed by atoms with Gasteiger partial charge < -0.3 is 31.3 Å². The van der Waals surface area contributed by atoms with Crippen molar-refractivity contribution in [2.45, 2.75) is 92.0 Å². The molecule has 0 aliphatic rings. The van der Waals surface area contributed by atoms with Gasteiger partial charge in [0.05, 0.1) is 25.2 Å². The number of carbonyl (C=O) groups is 3. The second kappa shape index (κ2) is 16.0. The number of amides is 4. The third kappa shape index (κ3) is 12.6. The number of nitrogens with two attached hydrogens (primary N) is 1. The van der Waals surface area contributed by atoms with Gasteiger partial charge in [-0.25, -0.2) is 4.79 Å². The van der Waals surface area contributed by atoms with Crippen LogP contribution in [0.4, 0.5) is 4.79 Å². The lowest BCUT2D eigenvalue weighted by atomic mass is 9.83. The van der Waals surface area contributed by atoms with E-state index in [-0.39, 0.29) is 43.9 Å². The maximum atomic E-state index is 13.5. The molecule has 0 aliphatic carbocycles. The number of halogens is 1. The monoisotopic (exact) mass is 569 g/mol. The zero-order valence-electron chi connectivity index (χ0n) is 25.3. The summed E-state index contributed by atoms with van der Waals surface area (Å²) < 4.78 is 0. The molecule has 0 spiro atoms. The van der Waals surface area contributed by atoms with Crippen LogP contribution in [0.5, 0.6) is 0 Å². The summed E-state index contributed by atoms with van der Waals surface area (Å²) in [7, 11) is 1.65. The highest BCUT2D eigenvalue weighted by Crippen LogP contribution is 2.29. The van der Waals surface area contributed by atoms with Crippen molar-refractivity contribution in [1.82, 2.24) is 20.4 Å². The molecule has 3 atom stereocenters. The molecule has 1 aromatic carbocycles. The first-order valence-electron chi connectivity index (χ1n) is 13.5. The molecule has 1 aromatic rings. The van der Waals surface area contributed by atoms with Crippen molar-refractivity contribution in [3.63, 3.8) is 0 Å². The van der Waals surface area contributed by atoms with Gasteiger partial charge in [-0.3, -0.25) is 9.59 Å². The summed E-state index contributed by atoms with van der Waals surface area (Å²) in [5, 5.41) is 17.6. The summed E-state index contributed by atoms with van der Waals surface area (Å²) in [6.07, 6.45) is -0.101. The molecular weight excluding hydrogens is 518 g/mol. The summed E-state index contributed by atoms with van der Waals surface area (Å²) >= 11 is 0. The number of nitrogens with one attached hydrogen (secondary N) is 2. The van der Waals surface area contributed by atoms with Crippen LogP contribution in [-0.4, -0.2) is 83.2 Å². The molecule has 0 bridgehead atoms. The molecule has 0 aliphatic heterocycles. The number of hydrogen-bond donors (Lipinski definition) is 4. The number of primary amides is 1. The van der Waals surface area contributed by atoms with E-state index in [1.165, 1.54) is 4.90 Å². The molecule has 0 saturated heterocycles. The van der Waals surface area contributed by atoms with E-state index < -0.39 is 35.0 Å². The van der Waals surface area contributed by atoms with Crippen LogP contribution in [-0.2, 0) is 16.0 Å². The van der Waals surface area contributed by atoms with Crippen LogP contribution in [0, 0.1) is 11.3 Å². The SMILES string of the molecule is CNCC(=O)N([C@@H](Cc1ccccc1)[C@H](O)CN(CCC(C)C)C(=O)NC(C)(C)C)[C@H](C(N)=O)C(C)(C)C.Cl. The largest absolute Gasteiger partial charge is 0.389 e. The van der Waals surface area contributed by atoms with Crippen molar-refractivity contribution in [2.24, 2.45) is 17.1 Å². The van der Waals surface area contributed by atoms with Gasteiger partial charge in [0.2, 0.25) is 11.8 Å². The van der Waals surface area contributed by atoms with Crippen molar-refractivity contribution in [2.75, 3.05) is 26.7 Å². The van der Waals surface area contributed by atoms with Crippen LogP contribution >= 0.6 is 12.4 Å². The van der Waals surface area contributed by atoms with Crippen molar-refractivity contribution < 1.29 is 19.5 Å². The van der Waals surface area contributed by atoms with Crippen LogP contribution in [0.25, 0.3) is 0 Å². The molecule has 10 heteroatoms. The fraction of sp³-hybridized carbons (Fsp3) is 0.690. The van der Waals surface area contributed by atoms with Gasteiger partial charge in [-0.2, -0.15) is 0 Å². The first kappa shape index (κ1) is 36.6. The van der Waals surface area contributed by atoms with E-state index in [2.05, 4.69) is 24.5 Å². The highest BCUT2D eigenvalue weighted by molar-refractivity contribution is 5.88. The van der Waals surface area contributed by atoms with Crippen LogP contribution < -0.4 is 16.4 Å². The van der Waals surface area contributed by atoms with Crippen molar-refractivity contribution in [3.8, 4) is 0 Å². The van der Waals surface area contributed by atoms with Gasteiger partial charge in [0.15, 0.2) is 0 Å².